The Hall–Kier alpha value is -0.340. The Morgan fingerprint density at radius 3 is 1.67 bits per heavy atom. The second-order valence-corrected chi connectivity index (χ2v) is 6.70. The fourth-order valence-corrected chi connectivity index (χ4v) is 2.23. The maximum absolute atomic E-state index is 10.0. The topological polar surface area (TPSA) is 40.5 Å². The van der Waals surface area contributed by atoms with Crippen molar-refractivity contribution in [2.24, 2.45) is 16.7 Å². The van der Waals surface area contributed by atoms with Crippen LogP contribution in [0.1, 0.15) is 41.5 Å². The fourth-order valence-electron chi connectivity index (χ4n) is 2.23. The van der Waals surface area contributed by atoms with Gasteiger partial charge >= 0.3 is 0 Å². The Bertz CT molecular complexity index is 265. The van der Waals surface area contributed by atoms with Gasteiger partial charge in [0, 0.05) is 5.92 Å². The molecule has 0 amide bonds. The summed E-state index contributed by atoms with van der Waals surface area (Å²) in [6.07, 6.45) is 0.712. The zero-order chi connectivity index (χ0) is 12.0. The number of rotatable bonds is 0. The second-order valence-electron chi connectivity index (χ2n) is 6.70. The lowest BCUT2D eigenvalue weighted by Gasteiger charge is -2.30. The number of hydrogen-bond acceptors (Lipinski definition) is 2. The molecule has 0 fully saturated rings. The SMILES string of the molecule is CC(C)(C)C1=CC(C(C)(C)C)C(O)C1O. The van der Waals surface area contributed by atoms with Crippen molar-refractivity contribution in [3.05, 3.63) is 11.6 Å². The molecule has 88 valence electrons. The van der Waals surface area contributed by atoms with Gasteiger partial charge in [0.2, 0.25) is 0 Å². The van der Waals surface area contributed by atoms with Crippen LogP contribution in [-0.2, 0) is 0 Å². The van der Waals surface area contributed by atoms with Crippen LogP contribution in [0.4, 0.5) is 0 Å². The van der Waals surface area contributed by atoms with Gasteiger partial charge in [0.1, 0.15) is 6.10 Å². The first-order chi connectivity index (χ1) is 6.55. The molecule has 1 rings (SSSR count). The van der Waals surface area contributed by atoms with Crippen molar-refractivity contribution in [2.45, 2.75) is 53.8 Å². The van der Waals surface area contributed by atoms with Crippen molar-refractivity contribution < 1.29 is 10.2 Å². The average molecular weight is 212 g/mol. The molecular formula is C13H24O2. The van der Waals surface area contributed by atoms with Crippen molar-refractivity contribution in [1.29, 1.82) is 0 Å². The standard InChI is InChI=1S/C13H24O2/c1-12(2,3)8-7-9(13(4,5)6)11(15)10(8)14/h7-8,10-11,14-15H,1-6H3. The van der Waals surface area contributed by atoms with Gasteiger partial charge in [-0.1, -0.05) is 47.6 Å². The molecule has 2 nitrogen and oxygen atoms in total. The molecule has 0 spiro atoms. The summed E-state index contributed by atoms with van der Waals surface area (Å²) in [4.78, 5) is 0. The Morgan fingerprint density at radius 2 is 1.47 bits per heavy atom. The maximum atomic E-state index is 10.0. The molecule has 0 aliphatic heterocycles. The zero-order valence-corrected chi connectivity index (χ0v) is 10.7. The predicted octanol–water partition coefficient (Wildman–Crippen LogP) is 2.36. The predicted molar refractivity (Wildman–Crippen MR) is 62.5 cm³/mol. The average Bonchev–Trinajstić information content (AvgIpc) is 2.26. The smallest absolute Gasteiger partial charge is 0.102 e. The summed E-state index contributed by atoms with van der Waals surface area (Å²) in [6.45, 7) is 12.5. The zero-order valence-electron chi connectivity index (χ0n) is 10.7. The molecule has 0 saturated heterocycles. The largest absolute Gasteiger partial charge is 0.389 e. The fraction of sp³-hybridized carbons (Fsp3) is 0.846. The van der Waals surface area contributed by atoms with Crippen LogP contribution in [0, 0.1) is 16.7 Å². The van der Waals surface area contributed by atoms with Crippen molar-refractivity contribution in [2.75, 3.05) is 0 Å². The van der Waals surface area contributed by atoms with Gasteiger partial charge in [0.05, 0.1) is 6.10 Å². The van der Waals surface area contributed by atoms with Crippen LogP contribution in [0.15, 0.2) is 11.6 Å². The summed E-state index contributed by atoms with van der Waals surface area (Å²) in [5, 5.41) is 20.0. The lowest BCUT2D eigenvalue weighted by Crippen LogP contribution is -2.35. The molecule has 0 radical (unpaired) electrons. The molecule has 0 aromatic rings. The second kappa shape index (κ2) is 3.60. The van der Waals surface area contributed by atoms with E-state index in [9.17, 15) is 10.2 Å². The normalized spacial score (nSPS) is 33.1. The quantitative estimate of drug-likeness (QED) is 0.605. The molecule has 1 aliphatic carbocycles. The van der Waals surface area contributed by atoms with Gasteiger partial charge in [0.15, 0.2) is 0 Å². The third kappa shape index (κ3) is 2.43. The lowest BCUT2D eigenvalue weighted by molar-refractivity contribution is -0.00436. The molecule has 2 N–H and O–H groups in total. The Balaban J connectivity index is 3.03. The van der Waals surface area contributed by atoms with Crippen LogP contribution in [0.3, 0.4) is 0 Å². The molecule has 0 aromatic heterocycles. The summed E-state index contributed by atoms with van der Waals surface area (Å²) in [5.41, 5.74) is 0.892. The van der Waals surface area contributed by atoms with Crippen molar-refractivity contribution >= 4 is 0 Å². The van der Waals surface area contributed by atoms with Crippen molar-refractivity contribution in [3.8, 4) is 0 Å². The summed E-state index contributed by atoms with van der Waals surface area (Å²) >= 11 is 0. The Morgan fingerprint density at radius 1 is 1.00 bits per heavy atom. The van der Waals surface area contributed by atoms with Crippen molar-refractivity contribution in [1.82, 2.24) is 0 Å². The van der Waals surface area contributed by atoms with Crippen LogP contribution in [0.5, 0.6) is 0 Å². The third-order valence-corrected chi connectivity index (χ3v) is 3.24. The molecule has 3 atom stereocenters. The molecular weight excluding hydrogens is 188 g/mol. The number of aliphatic hydroxyl groups is 2. The van der Waals surface area contributed by atoms with E-state index in [1.165, 1.54) is 0 Å². The van der Waals surface area contributed by atoms with Gasteiger partial charge in [-0.05, 0) is 16.4 Å². The third-order valence-electron chi connectivity index (χ3n) is 3.24. The van der Waals surface area contributed by atoms with Gasteiger partial charge in [0.25, 0.3) is 0 Å². The first-order valence-electron chi connectivity index (χ1n) is 5.63. The van der Waals surface area contributed by atoms with E-state index in [4.69, 9.17) is 0 Å². The van der Waals surface area contributed by atoms with Crippen LogP contribution in [-0.4, -0.2) is 22.4 Å². The van der Waals surface area contributed by atoms with E-state index in [1.807, 2.05) is 0 Å². The van der Waals surface area contributed by atoms with Gasteiger partial charge in [-0.15, -0.1) is 0 Å². The highest BCUT2D eigenvalue weighted by Crippen LogP contribution is 2.43. The molecule has 3 unspecified atom stereocenters. The number of hydrogen-bond donors (Lipinski definition) is 2. The molecule has 2 heteroatoms. The Kier molecular flexibility index (Phi) is 3.05. The lowest BCUT2D eigenvalue weighted by atomic mass is 9.79. The summed E-state index contributed by atoms with van der Waals surface area (Å²) in [6, 6.07) is 0. The van der Waals surface area contributed by atoms with Gasteiger partial charge in [-0.25, -0.2) is 0 Å². The molecule has 0 bridgehead atoms. The molecule has 0 saturated carbocycles. The van der Waals surface area contributed by atoms with E-state index in [0.29, 0.717) is 0 Å². The number of aliphatic hydroxyl groups excluding tert-OH is 2. The van der Waals surface area contributed by atoms with Crippen molar-refractivity contribution in [3.63, 3.8) is 0 Å². The van der Waals surface area contributed by atoms with Gasteiger partial charge in [-0.3, -0.25) is 0 Å². The van der Waals surface area contributed by atoms with Gasteiger partial charge in [-0.2, -0.15) is 0 Å². The highest BCUT2D eigenvalue weighted by molar-refractivity contribution is 5.27. The van der Waals surface area contributed by atoms with E-state index in [0.717, 1.165) is 5.57 Å². The first kappa shape index (κ1) is 12.7. The van der Waals surface area contributed by atoms with Crippen LogP contribution in [0.2, 0.25) is 0 Å². The molecule has 0 aromatic carbocycles. The monoisotopic (exact) mass is 212 g/mol. The summed E-state index contributed by atoms with van der Waals surface area (Å²) < 4.78 is 0. The first-order valence-corrected chi connectivity index (χ1v) is 5.63. The molecule has 15 heavy (non-hydrogen) atoms. The van der Waals surface area contributed by atoms with Crippen LogP contribution >= 0.6 is 0 Å². The minimum atomic E-state index is -0.700. The minimum Gasteiger partial charge on any atom is -0.389 e. The van der Waals surface area contributed by atoms with E-state index < -0.39 is 12.2 Å². The van der Waals surface area contributed by atoms with Crippen LogP contribution < -0.4 is 0 Å². The van der Waals surface area contributed by atoms with E-state index in [2.05, 4.69) is 47.6 Å². The van der Waals surface area contributed by atoms with Gasteiger partial charge < -0.3 is 10.2 Å². The van der Waals surface area contributed by atoms with E-state index >= 15 is 0 Å². The summed E-state index contributed by atoms with van der Waals surface area (Å²) in [5.74, 6) is 0.0433. The highest BCUT2D eigenvalue weighted by atomic mass is 16.3. The van der Waals surface area contributed by atoms with Crippen LogP contribution in [0.25, 0.3) is 0 Å². The maximum Gasteiger partial charge on any atom is 0.102 e. The highest BCUT2D eigenvalue weighted by Gasteiger charge is 2.43. The summed E-state index contributed by atoms with van der Waals surface area (Å²) in [7, 11) is 0. The Labute approximate surface area is 93.0 Å². The molecule has 1 aliphatic rings. The van der Waals surface area contributed by atoms with E-state index in [1.54, 1.807) is 0 Å². The molecule has 0 heterocycles. The van der Waals surface area contributed by atoms with E-state index in [-0.39, 0.29) is 16.7 Å². The minimum absolute atomic E-state index is 0.00655.